The van der Waals surface area contributed by atoms with Gasteiger partial charge in [-0.3, -0.25) is 19.7 Å². The standard InChI is InChI=1S/C27H20N4O6/c1-36-25-14-17(31(34)35)10-12-21(25)24-13-11-18(37-24)15-28-29-26(32)16-30-22-8-4-2-6-19(22)27(33)20-7-3-5-9-23(20)30/h2-15H,16H2,1H3,(H,29,32)/b28-15+. The third kappa shape index (κ3) is 4.55. The zero-order valence-corrected chi connectivity index (χ0v) is 19.6. The van der Waals surface area contributed by atoms with Gasteiger partial charge in [0.25, 0.3) is 11.6 Å². The molecule has 0 aliphatic rings. The fourth-order valence-electron chi connectivity index (χ4n) is 4.16. The summed E-state index contributed by atoms with van der Waals surface area (Å²) in [7, 11) is 1.42. The van der Waals surface area contributed by atoms with Crippen molar-refractivity contribution >= 4 is 39.6 Å². The molecule has 5 rings (SSSR count). The first-order chi connectivity index (χ1) is 18.0. The van der Waals surface area contributed by atoms with Crippen molar-refractivity contribution in [1.82, 2.24) is 9.99 Å². The van der Waals surface area contributed by atoms with Crippen LogP contribution in [0.25, 0.3) is 33.1 Å². The number of benzene rings is 3. The molecule has 0 bridgehead atoms. The lowest BCUT2D eigenvalue weighted by atomic mass is 10.1. The van der Waals surface area contributed by atoms with E-state index in [1.807, 2.05) is 12.1 Å². The SMILES string of the molecule is COc1cc([N+](=O)[O-])ccc1-c1ccc(/C=N/NC(=O)Cn2c3ccccc3c(=O)c3ccccc32)o1. The molecule has 0 radical (unpaired) electrons. The third-order valence-electron chi connectivity index (χ3n) is 5.85. The van der Waals surface area contributed by atoms with Gasteiger partial charge in [0.05, 0.1) is 40.9 Å². The maximum absolute atomic E-state index is 12.9. The summed E-state index contributed by atoms with van der Waals surface area (Å²) < 4.78 is 12.8. The van der Waals surface area contributed by atoms with Crippen LogP contribution in [0.4, 0.5) is 5.69 Å². The number of para-hydroxylation sites is 2. The number of fused-ring (bicyclic) bond motifs is 2. The molecule has 0 fully saturated rings. The lowest BCUT2D eigenvalue weighted by molar-refractivity contribution is -0.384. The quantitative estimate of drug-likeness (QED) is 0.153. The van der Waals surface area contributed by atoms with Gasteiger partial charge in [-0.15, -0.1) is 0 Å². The lowest BCUT2D eigenvalue weighted by Gasteiger charge is -2.14. The Kier molecular flexibility index (Phi) is 6.21. The molecule has 1 N–H and O–H groups in total. The van der Waals surface area contributed by atoms with Gasteiger partial charge in [-0.2, -0.15) is 5.10 Å². The van der Waals surface area contributed by atoms with Crippen molar-refractivity contribution in [3.63, 3.8) is 0 Å². The van der Waals surface area contributed by atoms with Gasteiger partial charge in [0.15, 0.2) is 5.43 Å². The van der Waals surface area contributed by atoms with Crippen LogP contribution in [-0.2, 0) is 11.3 Å². The monoisotopic (exact) mass is 496 g/mol. The van der Waals surface area contributed by atoms with Crippen molar-refractivity contribution in [3.8, 4) is 17.1 Å². The maximum Gasteiger partial charge on any atom is 0.273 e. The Morgan fingerprint density at radius 1 is 1.05 bits per heavy atom. The van der Waals surface area contributed by atoms with E-state index in [1.165, 1.54) is 31.5 Å². The molecular formula is C27H20N4O6. The van der Waals surface area contributed by atoms with E-state index < -0.39 is 4.92 Å². The molecule has 0 saturated carbocycles. The van der Waals surface area contributed by atoms with Crippen molar-refractivity contribution in [2.24, 2.45) is 5.10 Å². The van der Waals surface area contributed by atoms with Gasteiger partial charge < -0.3 is 13.7 Å². The summed E-state index contributed by atoms with van der Waals surface area (Å²) in [6.07, 6.45) is 1.35. The van der Waals surface area contributed by atoms with E-state index >= 15 is 0 Å². The molecule has 5 aromatic rings. The van der Waals surface area contributed by atoms with Crippen molar-refractivity contribution in [2.45, 2.75) is 6.54 Å². The molecule has 10 heteroatoms. The molecule has 0 unspecified atom stereocenters. The van der Waals surface area contributed by atoms with E-state index in [-0.39, 0.29) is 23.6 Å². The van der Waals surface area contributed by atoms with Crippen molar-refractivity contribution in [2.75, 3.05) is 7.11 Å². The number of methoxy groups -OCH3 is 1. The third-order valence-corrected chi connectivity index (χ3v) is 5.85. The van der Waals surface area contributed by atoms with Gasteiger partial charge in [0, 0.05) is 16.8 Å². The number of nitrogens with zero attached hydrogens (tertiary/aromatic N) is 3. The molecule has 0 aliphatic heterocycles. The first kappa shape index (κ1) is 23.5. The van der Waals surface area contributed by atoms with E-state index in [0.717, 1.165) is 0 Å². The molecule has 37 heavy (non-hydrogen) atoms. The number of hydrogen-bond acceptors (Lipinski definition) is 7. The highest BCUT2D eigenvalue weighted by Crippen LogP contribution is 2.34. The summed E-state index contributed by atoms with van der Waals surface area (Å²) in [5.41, 5.74) is 4.14. The number of nitro groups is 1. The molecule has 0 saturated heterocycles. The average Bonchev–Trinajstić information content (AvgIpc) is 3.39. The Hall–Kier alpha value is -5.25. The molecule has 2 heterocycles. The fraction of sp³-hybridized carbons (Fsp3) is 0.0741. The van der Waals surface area contributed by atoms with Crippen LogP contribution >= 0.6 is 0 Å². The number of non-ortho nitro benzene ring substituents is 1. The van der Waals surface area contributed by atoms with Crippen LogP contribution in [0.2, 0.25) is 0 Å². The minimum atomic E-state index is -0.506. The molecule has 0 atom stereocenters. The number of pyridine rings is 1. The first-order valence-electron chi connectivity index (χ1n) is 11.2. The number of carbonyl (C=O) groups excluding carboxylic acids is 1. The molecule has 0 aliphatic carbocycles. The van der Waals surface area contributed by atoms with Gasteiger partial charge in [-0.05, 0) is 42.5 Å². The molecule has 10 nitrogen and oxygen atoms in total. The lowest BCUT2D eigenvalue weighted by Crippen LogP contribution is -2.25. The Bertz CT molecular complexity index is 1690. The highest BCUT2D eigenvalue weighted by atomic mass is 16.6. The van der Waals surface area contributed by atoms with E-state index in [0.29, 0.717) is 44.6 Å². The van der Waals surface area contributed by atoms with Gasteiger partial charge in [-0.25, -0.2) is 5.43 Å². The number of amides is 1. The number of hydrogen-bond donors (Lipinski definition) is 1. The van der Waals surface area contributed by atoms with E-state index in [4.69, 9.17) is 9.15 Å². The first-order valence-corrected chi connectivity index (χ1v) is 11.2. The Morgan fingerprint density at radius 3 is 2.38 bits per heavy atom. The Morgan fingerprint density at radius 2 is 1.73 bits per heavy atom. The van der Waals surface area contributed by atoms with Gasteiger partial charge in [0.2, 0.25) is 0 Å². The predicted octanol–water partition coefficient (Wildman–Crippen LogP) is 4.48. The smallest absolute Gasteiger partial charge is 0.273 e. The second kappa shape index (κ2) is 9.78. The molecular weight excluding hydrogens is 476 g/mol. The van der Waals surface area contributed by atoms with Crippen LogP contribution in [0.1, 0.15) is 5.76 Å². The van der Waals surface area contributed by atoms with Crippen LogP contribution in [-0.4, -0.2) is 28.7 Å². The number of rotatable bonds is 7. The second-order valence-corrected chi connectivity index (χ2v) is 8.09. The van der Waals surface area contributed by atoms with Gasteiger partial charge in [-0.1, -0.05) is 24.3 Å². The van der Waals surface area contributed by atoms with Gasteiger partial charge in [0.1, 0.15) is 23.8 Å². The number of furan rings is 1. The largest absolute Gasteiger partial charge is 0.496 e. The van der Waals surface area contributed by atoms with Crippen LogP contribution in [0, 0.1) is 10.1 Å². The summed E-state index contributed by atoms with van der Waals surface area (Å²) in [6.45, 7) is -0.0535. The maximum atomic E-state index is 12.9. The van der Waals surface area contributed by atoms with Crippen LogP contribution in [0.5, 0.6) is 5.75 Å². The van der Waals surface area contributed by atoms with Crippen LogP contribution in [0.15, 0.2) is 93.2 Å². The zero-order chi connectivity index (χ0) is 25.9. The van der Waals surface area contributed by atoms with E-state index in [9.17, 15) is 19.7 Å². The van der Waals surface area contributed by atoms with Crippen LogP contribution < -0.4 is 15.6 Å². The van der Waals surface area contributed by atoms with Crippen molar-refractivity contribution < 1.29 is 18.9 Å². The zero-order valence-electron chi connectivity index (χ0n) is 19.6. The fourth-order valence-corrected chi connectivity index (χ4v) is 4.16. The summed E-state index contributed by atoms with van der Waals surface area (Å²) in [6, 6.07) is 21.8. The summed E-state index contributed by atoms with van der Waals surface area (Å²) in [5, 5.41) is 16.1. The van der Waals surface area contributed by atoms with E-state index in [2.05, 4.69) is 10.5 Å². The molecule has 2 aromatic heterocycles. The normalized spacial score (nSPS) is 11.3. The highest BCUT2D eigenvalue weighted by molar-refractivity contribution is 5.95. The number of aromatic nitrogens is 1. The topological polar surface area (TPSA) is 129 Å². The minimum Gasteiger partial charge on any atom is -0.496 e. The van der Waals surface area contributed by atoms with Gasteiger partial charge >= 0.3 is 0 Å². The molecule has 184 valence electrons. The van der Waals surface area contributed by atoms with Crippen molar-refractivity contribution in [3.05, 3.63) is 105 Å². The molecule has 0 spiro atoms. The predicted molar refractivity (Wildman–Crippen MR) is 139 cm³/mol. The number of nitro benzene ring substituents is 1. The number of carbonyl (C=O) groups is 1. The number of ether oxygens (including phenoxy) is 1. The number of nitrogens with one attached hydrogen (secondary N) is 1. The number of hydrazone groups is 1. The van der Waals surface area contributed by atoms with Crippen LogP contribution in [0.3, 0.4) is 0 Å². The summed E-state index contributed by atoms with van der Waals surface area (Å²) in [5.74, 6) is 0.681. The molecule has 1 amide bonds. The summed E-state index contributed by atoms with van der Waals surface area (Å²) >= 11 is 0. The minimum absolute atomic E-state index is 0.0535. The summed E-state index contributed by atoms with van der Waals surface area (Å²) in [4.78, 5) is 36.1. The highest BCUT2D eigenvalue weighted by Gasteiger charge is 2.16. The van der Waals surface area contributed by atoms with Crippen molar-refractivity contribution in [1.29, 1.82) is 0 Å². The Labute approximate surface area is 209 Å². The molecule has 3 aromatic carbocycles. The second-order valence-electron chi connectivity index (χ2n) is 8.09. The average molecular weight is 496 g/mol. The van der Waals surface area contributed by atoms with E-state index in [1.54, 1.807) is 53.1 Å². The Balaban J connectivity index is 1.35.